The van der Waals surface area contributed by atoms with E-state index in [4.69, 9.17) is 10.5 Å². The SMILES string of the molecule is CC(C)C[C@H](N)c1ccc(OC(C)(C)C)cc1. The highest BCUT2D eigenvalue weighted by molar-refractivity contribution is 5.29. The monoisotopic (exact) mass is 235 g/mol. The van der Waals surface area contributed by atoms with E-state index in [1.165, 1.54) is 5.56 Å². The minimum Gasteiger partial charge on any atom is -0.488 e. The highest BCUT2D eigenvalue weighted by atomic mass is 16.5. The fourth-order valence-corrected chi connectivity index (χ4v) is 1.78. The van der Waals surface area contributed by atoms with E-state index < -0.39 is 0 Å². The summed E-state index contributed by atoms with van der Waals surface area (Å²) in [7, 11) is 0. The van der Waals surface area contributed by atoms with Gasteiger partial charge in [0.2, 0.25) is 0 Å². The molecule has 0 spiro atoms. The summed E-state index contributed by atoms with van der Waals surface area (Å²) in [6.07, 6.45) is 1.01. The molecule has 0 heterocycles. The summed E-state index contributed by atoms with van der Waals surface area (Å²) >= 11 is 0. The van der Waals surface area contributed by atoms with Crippen LogP contribution in [0.25, 0.3) is 0 Å². The number of ether oxygens (including phenoxy) is 1. The van der Waals surface area contributed by atoms with Crippen LogP contribution < -0.4 is 10.5 Å². The van der Waals surface area contributed by atoms with Crippen molar-refractivity contribution in [3.8, 4) is 5.75 Å². The van der Waals surface area contributed by atoms with Gasteiger partial charge in [0.15, 0.2) is 0 Å². The van der Waals surface area contributed by atoms with Crippen LogP contribution in [0.2, 0.25) is 0 Å². The molecule has 0 aliphatic heterocycles. The van der Waals surface area contributed by atoms with Crippen LogP contribution in [0.4, 0.5) is 0 Å². The molecule has 0 unspecified atom stereocenters. The number of nitrogens with two attached hydrogens (primary N) is 1. The Balaban J connectivity index is 2.67. The van der Waals surface area contributed by atoms with Crippen molar-refractivity contribution in [3.05, 3.63) is 29.8 Å². The van der Waals surface area contributed by atoms with Gasteiger partial charge in [-0.05, 0) is 50.8 Å². The minimum absolute atomic E-state index is 0.124. The molecule has 0 bridgehead atoms. The number of rotatable bonds is 4. The van der Waals surface area contributed by atoms with Gasteiger partial charge in [0.1, 0.15) is 11.4 Å². The second-order valence-corrected chi connectivity index (χ2v) is 6.02. The summed E-state index contributed by atoms with van der Waals surface area (Å²) in [6.45, 7) is 10.5. The lowest BCUT2D eigenvalue weighted by molar-refractivity contribution is 0.131. The Labute approximate surface area is 105 Å². The molecule has 2 nitrogen and oxygen atoms in total. The molecule has 17 heavy (non-hydrogen) atoms. The molecule has 0 aromatic heterocycles. The van der Waals surface area contributed by atoms with Crippen molar-refractivity contribution in [2.24, 2.45) is 11.7 Å². The first-order valence-corrected chi connectivity index (χ1v) is 6.32. The second kappa shape index (κ2) is 5.54. The Hall–Kier alpha value is -1.02. The molecule has 0 aliphatic carbocycles. The predicted molar refractivity (Wildman–Crippen MR) is 73.2 cm³/mol. The highest BCUT2D eigenvalue weighted by Gasteiger charge is 2.12. The third-order valence-electron chi connectivity index (χ3n) is 2.46. The zero-order valence-electron chi connectivity index (χ0n) is 11.7. The molecule has 1 aromatic carbocycles. The second-order valence-electron chi connectivity index (χ2n) is 6.02. The first-order chi connectivity index (χ1) is 7.78. The van der Waals surface area contributed by atoms with Crippen molar-refractivity contribution in [2.45, 2.75) is 52.7 Å². The van der Waals surface area contributed by atoms with Crippen LogP contribution in [0, 0.1) is 5.92 Å². The Morgan fingerprint density at radius 2 is 1.65 bits per heavy atom. The van der Waals surface area contributed by atoms with E-state index in [-0.39, 0.29) is 11.6 Å². The van der Waals surface area contributed by atoms with E-state index >= 15 is 0 Å². The van der Waals surface area contributed by atoms with E-state index in [1.54, 1.807) is 0 Å². The Kier molecular flexibility index (Phi) is 4.58. The summed E-state index contributed by atoms with van der Waals surface area (Å²) < 4.78 is 5.78. The molecule has 0 fully saturated rings. The summed E-state index contributed by atoms with van der Waals surface area (Å²) in [4.78, 5) is 0. The zero-order chi connectivity index (χ0) is 13.1. The van der Waals surface area contributed by atoms with Crippen molar-refractivity contribution in [2.75, 3.05) is 0 Å². The van der Waals surface area contributed by atoms with Crippen LogP contribution in [0.5, 0.6) is 5.75 Å². The third kappa shape index (κ3) is 5.22. The van der Waals surface area contributed by atoms with E-state index in [1.807, 2.05) is 32.9 Å². The maximum Gasteiger partial charge on any atom is 0.120 e. The van der Waals surface area contributed by atoms with Gasteiger partial charge in [-0.25, -0.2) is 0 Å². The fraction of sp³-hybridized carbons (Fsp3) is 0.600. The van der Waals surface area contributed by atoms with Crippen LogP contribution in [0.3, 0.4) is 0 Å². The van der Waals surface area contributed by atoms with E-state index in [2.05, 4.69) is 26.0 Å². The van der Waals surface area contributed by atoms with E-state index in [0.717, 1.165) is 12.2 Å². The van der Waals surface area contributed by atoms with Crippen molar-refractivity contribution < 1.29 is 4.74 Å². The largest absolute Gasteiger partial charge is 0.488 e. The summed E-state index contributed by atoms with van der Waals surface area (Å²) in [5, 5.41) is 0. The first kappa shape index (κ1) is 14.0. The van der Waals surface area contributed by atoms with Gasteiger partial charge in [-0.1, -0.05) is 26.0 Å². The molecule has 1 rings (SSSR count). The van der Waals surface area contributed by atoms with Crippen LogP contribution >= 0.6 is 0 Å². The van der Waals surface area contributed by atoms with Crippen LogP contribution in [-0.4, -0.2) is 5.60 Å². The normalized spacial score (nSPS) is 13.8. The molecular formula is C15H25NO. The fourth-order valence-electron chi connectivity index (χ4n) is 1.78. The zero-order valence-corrected chi connectivity index (χ0v) is 11.7. The van der Waals surface area contributed by atoms with Crippen molar-refractivity contribution in [3.63, 3.8) is 0 Å². The molecule has 2 heteroatoms. The van der Waals surface area contributed by atoms with Crippen LogP contribution in [0.1, 0.15) is 52.6 Å². The lowest BCUT2D eigenvalue weighted by Gasteiger charge is -2.22. The molecule has 1 aromatic rings. The standard InChI is InChI=1S/C15H25NO/c1-11(2)10-14(16)12-6-8-13(9-7-12)17-15(3,4)5/h6-9,11,14H,10,16H2,1-5H3/t14-/m0/s1. The van der Waals surface area contributed by atoms with Gasteiger partial charge in [0.25, 0.3) is 0 Å². The summed E-state index contributed by atoms with van der Waals surface area (Å²) in [5.74, 6) is 1.52. The Bertz CT molecular complexity index is 335. The average Bonchev–Trinajstić information content (AvgIpc) is 2.15. The van der Waals surface area contributed by atoms with Crippen molar-refractivity contribution in [1.29, 1.82) is 0 Å². The van der Waals surface area contributed by atoms with Gasteiger partial charge in [-0.2, -0.15) is 0 Å². The van der Waals surface area contributed by atoms with Gasteiger partial charge in [-0.15, -0.1) is 0 Å². The average molecular weight is 235 g/mol. The van der Waals surface area contributed by atoms with Crippen LogP contribution in [-0.2, 0) is 0 Å². The molecular weight excluding hydrogens is 210 g/mol. The highest BCUT2D eigenvalue weighted by Crippen LogP contribution is 2.23. The van der Waals surface area contributed by atoms with E-state index in [9.17, 15) is 0 Å². The van der Waals surface area contributed by atoms with Crippen molar-refractivity contribution >= 4 is 0 Å². The summed E-state index contributed by atoms with van der Waals surface area (Å²) in [6, 6.07) is 8.25. The summed E-state index contributed by atoms with van der Waals surface area (Å²) in [5.41, 5.74) is 7.16. The van der Waals surface area contributed by atoms with Gasteiger partial charge < -0.3 is 10.5 Å². The predicted octanol–water partition coefficient (Wildman–Crippen LogP) is 3.91. The molecule has 1 atom stereocenters. The van der Waals surface area contributed by atoms with Gasteiger partial charge >= 0.3 is 0 Å². The number of hydrogen-bond acceptors (Lipinski definition) is 2. The Morgan fingerprint density at radius 1 is 1.12 bits per heavy atom. The molecule has 96 valence electrons. The minimum atomic E-state index is -0.151. The van der Waals surface area contributed by atoms with E-state index in [0.29, 0.717) is 5.92 Å². The molecule has 0 saturated carbocycles. The smallest absolute Gasteiger partial charge is 0.120 e. The first-order valence-electron chi connectivity index (χ1n) is 6.32. The number of benzene rings is 1. The molecule has 0 saturated heterocycles. The Morgan fingerprint density at radius 3 is 2.06 bits per heavy atom. The molecule has 0 aliphatic rings. The maximum atomic E-state index is 6.13. The van der Waals surface area contributed by atoms with Crippen molar-refractivity contribution in [1.82, 2.24) is 0 Å². The quantitative estimate of drug-likeness (QED) is 0.858. The topological polar surface area (TPSA) is 35.2 Å². The van der Waals surface area contributed by atoms with Gasteiger partial charge in [0, 0.05) is 6.04 Å². The number of hydrogen-bond donors (Lipinski definition) is 1. The lowest BCUT2D eigenvalue weighted by atomic mass is 9.98. The van der Waals surface area contributed by atoms with Gasteiger partial charge in [-0.3, -0.25) is 0 Å². The van der Waals surface area contributed by atoms with Crippen LogP contribution in [0.15, 0.2) is 24.3 Å². The molecule has 0 radical (unpaired) electrons. The lowest BCUT2D eigenvalue weighted by Crippen LogP contribution is -2.23. The molecule has 0 amide bonds. The van der Waals surface area contributed by atoms with Gasteiger partial charge in [0.05, 0.1) is 0 Å². The maximum absolute atomic E-state index is 6.13. The molecule has 2 N–H and O–H groups in total. The third-order valence-corrected chi connectivity index (χ3v) is 2.46.